The van der Waals surface area contributed by atoms with Crippen molar-refractivity contribution in [2.24, 2.45) is 0 Å². The maximum atomic E-state index is 9.28. The van der Waals surface area contributed by atoms with Crippen LogP contribution in [-0.2, 0) is 5.21 Å². The maximum absolute atomic E-state index is 9.28. The van der Waals surface area contributed by atoms with E-state index in [1.165, 1.54) is 0 Å². The first-order valence-corrected chi connectivity index (χ1v) is 1.31. The smallest absolute Gasteiger partial charge is 0.0307 e. The molecule has 0 saturated heterocycles. The van der Waals surface area contributed by atoms with Gasteiger partial charge in [-0.25, -0.2) is 5.48 Å². The van der Waals surface area contributed by atoms with Gasteiger partial charge < -0.3 is 0 Å². The molecule has 0 fully saturated rings. The molecule has 0 aliphatic carbocycles. The second-order valence-electron chi connectivity index (χ2n) is 0.882. The van der Waals surface area contributed by atoms with Gasteiger partial charge in [0.2, 0.25) is 0 Å². The van der Waals surface area contributed by atoms with Crippen LogP contribution < -0.4 is 5.48 Å². The zero-order chi connectivity index (χ0) is 4.28. The first kappa shape index (κ1) is 4.50. The van der Waals surface area contributed by atoms with E-state index in [0.29, 0.717) is 5.70 Å². The Bertz CT molecular complexity index is 42.2. The monoisotopic (exact) mass is 72.0 g/mol. The van der Waals surface area contributed by atoms with Gasteiger partial charge in [-0.1, -0.05) is 11.8 Å². The summed E-state index contributed by atoms with van der Waals surface area (Å²) in [6.07, 6.45) is 0. The molecule has 29 valence electrons. The van der Waals surface area contributed by atoms with Crippen LogP contribution in [-0.4, -0.2) is 0 Å². The molecule has 0 aromatic heterocycles. The average Bonchev–Trinajstić information content (AvgIpc) is 1.38. The Morgan fingerprint density at radius 2 is 2.20 bits per heavy atom. The number of hydrogen-bond donors (Lipinski definition) is 1. The predicted octanol–water partition coefficient (Wildman–Crippen LogP) is 0.455. The van der Waals surface area contributed by atoms with Crippen molar-refractivity contribution in [3.63, 3.8) is 0 Å². The van der Waals surface area contributed by atoms with Gasteiger partial charge in [-0.05, 0) is 6.92 Å². The Labute approximate surface area is 31.1 Å². The lowest BCUT2D eigenvalue weighted by molar-refractivity contribution is 0.104. The van der Waals surface area contributed by atoms with Gasteiger partial charge in [0.15, 0.2) is 0 Å². The fourth-order valence-electron chi connectivity index (χ4n) is 0. The van der Waals surface area contributed by atoms with Crippen LogP contribution in [0, 0.1) is 0 Å². The molecule has 1 N–H and O–H groups in total. The summed E-state index contributed by atoms with van der Waals surface area (Å²) in [7, 11) is 0. The SMILES string of the molecule is C=C(C)N[O]. The van der Waals surface area contributed by atoms with Gasteiger partial charge >= 0.3 is 0 Å². The van der Waals surface area contributed by atoms with E-state index >= 15 is 0 Å². The van der Waals surface area contributed by atoms with E-state index in [4.69, 9.17) is 0 Å². The molecule has 2 nitrogen and oxygen atoms in total. The lowest BCUT2D eigenvalue weighted by Gasteiger charge is -1.82. The number of hydroxylamine groups is 1. The molecule has 0 aliphatic heterocycles. The van der Waals surface area contributed by atoms with Crippen LogP contribution in [0.25, 0.3) is 0 Å². The summed E-state index contributed by atoms with van der Waals surface area (Å²) in [4.78, 5) is 0. The van der Waals surface area contributed by atoms with Gasteiger partial charge in [-0.15, -0.1) is 0 Å². The highest BCUT2D eigenvalue weighted by Gasteiger charge is 1.66. The number of rotatable bonds is 1. The predicted molar refractivity (Wildman–Crippen MR) is 18.6 cm³/mol. The lowest BCUT2D eigenvalue weighted by Crippen LogP contribution is -1.96. The largest absolute Gasteiger partial charge is 0.238 e. The molecule has 0 rings (SSSR count). The van der Waals surface area contributed by atoms with E-state index in [9.17, 15) is 5.21 Å². The third kappa shape index (κ3) is 3.50. The summed E-state index contributed by atoms with van der Waals surface area (Å²) in [6, 6.07) is 0. The third-order valence-corrected chi connectivity index (χ3v) is 0.174. The molecule has 0 aromatic carbocycles. The highest BCUT2D eigenvalue weighted by Crippen LogP contribution is 1.68. The van der Waals surface area contributed by atoms with E-state index in [-0.39, 0.29) is 0 Å². The quantitative estimate of drug-likeness (QED) is 0.448. The third-order valence-electron chi connectivity index (χ3n) is 0.174. The summed E-state index contributed by atoms with van der Waals surface area (Å²) in [6.45, 7) is 4.85. The Balaban J connectivity index is 2.85. The molecule has 0 bridgehead atoms. The number of nitrogens with one attached hydrogen (secondary N) is 1. The molecule has 0 heterocycles. The molecule has 0 saturated carbocycles. The zero-order valence-corrected chi connectivity index (χ0v) is 3.12. The number of hydrogen-bond acceptors (Lipinski definition) is 1. The fraction of sp³-hybridized carbons (Fsp3) is 0.333. The summed E-state index contributed by atoms with van der Waals surface area (Å²) >= 11 is 0. The minimum atomic E-state index is 0.449. The minimum Gasteiger partial charge on any atom is -0.238 e. The van der Waals surface area contributed by atoms with Crippen LogP contribution in [0.1, 0.15) is 6.92 Å². The standard InChI is InChI=1S/C3H6NO/c1-3(2)4-5/h4H,1H2,2H3. The van der Waals surface area contributed by atoms with Gasteiger partial charge in [0.1, 0.15) is 0 Å². The molecule has 0 unspecified atom stereocenters. The van der Waals surface area contributed by atoms with Crippen molar-refractivity contribution >= 4 is 0 Å². The van der Waals surface area contributed by atoms with Gasteiger partial charge in [-0.2, -0.15) is 0 Å². The molecule has 2 heteroatoms. The molecule has 0 amide bonds. The molecule has 1 radical (unpaired) electrons. The van der Waals surface area contributed by atoms with Crippen LogP contribution >= 0.6 is 0 Å². The Morgan fingerprint density at radius 3 is 2.20 bits per heavy atom. The van der Waals surface area contributed by atoms with Crippen molar-refractivity contribution in [1.82, 2.24) is 5.48 Å². The van der Waals surface area contributed by atoms with Gasteiger partial charge in [-0.3, -0.25) is 0 Å². The van der Waals surface area contributed by atoms with Crippen molar-refractivity contribution in [3.05, 3.63) is 12.3 Å². The van der Waals surface area contributed by atoms with Crippen molar-refractivity contribution in [2.75, 3.05) is 0 Å². The minimum absolute atomic E-state index is 0.449. The van der Waals surface area contributed by atoms with Crippen molar-refractivity contribution < 1.29 is 5.21 Å². The molecule has 5 heavy (non-hydrogen) atoms. The molecular weight excluding hydrogens is 66.0 g/mol. The van der Waals surface area contributed by atoms with E-state index in [1.807, 2.05) is 0 Å². The molecule has 0 spiro atoms. The topological polar surface area (TPSA) is 31.9 Å². The van der Waals surface area contributed by atoms with Crippen LogP contribution in [0.3, 0.4) is 0 Å². The van der Waals surface area contributed by atoms with Crippen LogP contribution in [0.15, 0.2) is 12.3 Å². The van der Waals surface area contributed by atoms with Gasteiger partial charge in [0.05, 0.1) is 0 Å². The lowest BCUT2D eigenvalue weighted by atomic mass is 10.6. The first-order valence-electron chi connectivity index (χ1n) is 1.31. The Morgan fingerprint density at radius 1 is 2.00 bits per heavy atom. The fourth-order valence-corrected chi connectivity index (χ4v) is 0. The second kappa shape index (κ2) is 1.79. The Hall–Kier alpha value is -0.500. The van der Waals surface area contributed by atoms with Crippen LogP contribution in [0.2, 0.25) is 0 Å². The number of allylic oxidation sites excluding steroid dienone is 1. The van der Waals surface area contributed by atoms with Gasteiger partial charge in [0, 0.05) is 5.70 Å². The Kier molecular flexibility index (Phi) is 1.61. The first-order chi connectivity index (χ1) is 2.27. The summed E-state index contributed by atoms with van der Waals surface area (Å²) in [5, 5.41) is 9.28. The van der Waals surface area contributed by atoms with Crippen molar-refractivity contribution in [2.45, 2.75) is 6.92 Å². The normalized spacial score (nSPS) is 6.80. The zero-order valence-electron chi connectivity index (χ0n) is 3.12. The maximum Gasteiger partial charge on any atom is 0.0307 e. The van der Waals surface area contributed by atoms with E-state index in [2.05, 4.69) is 6.58 Å². The van der Waals surface area contributed by atoms with E-state index < -0.39 is 0 Å². The summed E-state index contributed by atoms with van der Waals surface area (Å²) < 4.78 is 0. The average molecular weight is 72.1 g/mol. The van der Waals surface area contributed by atoms with Crippen LogP contribution in [0.5, 0.6) is 0 Å². The highest BCUT2D eigenvalue weighted by molar-refractivity contribution is 4.78. The van der Waals surface area contributed by atoms with Crippen LogP contribution in [0.4, 0.5) is 0 Å². The molecule has 0 aliphatic rings. The molecule has 0 atom stereocenters. The second-order valence-corrected chi connectivity index (χ2v) is 0.882. The van der Waals surface area contributed by atoms with Crippen molar-refractivity contribution in [1.29, 1.82) is 0 Å². The molecule has 0 aromatic rings. The van der Waals surface area contributed by atoms with E-state index in [1.54, 1.807) is 12.4 Å². The van der Waals surface area contributed by atoms with Crippen molar-refractivity contribution in [3.8, 4) is 0 Å². The molecular formula is C3H6NO. The van der Waals surface area contributed by atoms with E-state index in [0.717, 1.165) is 0 Å². The summed E-state index contributed by atoms with van der Waals surface area (Å²) in [5.41, 5.74) is 2.03. The highest BCUT2D eigenvalue weighted by atomic mass is 16.5. The van der Waals surface area contributed by atoms with Gasteiger partial charge in [0.25, 0.3) is 0 Å². The summed E-state index contributed by atoms with van der Waals surface area (Å²) in [5.74, 6) is 0.